The minimum Gasteiger partial charge on any atom is -0.352 e. The summed E-state index contributed by atoms with van der Waals surface area (Å²) in [5.74, 6) is 0.477. The zero-order valence-electron chi connectivity index (χ0n) is 14.3. The van der Waals surface area contributed by atoms with E-state index in [1.165, 1.54) is 5.56 Å². The first-order chi connectivity index (χ1) is 12.2. The van der Waals surface area contributed by atoms with Crippen molar-refractivity contribution in [1.82, 2.24) is 10.2 Å². The second-order valence-corrected chi connectivity index (χ2v) is 6.60. The van der Waals surface area contributed by atoms with E-state index >= 15 is 0 Å². The van der Waals surface area contributed by atoms with Crippen LogP contribution in [0.5, 0.6) is 0 Å². The van der Waals surface area contributed by atoms with Gasteiger partial charge in [-0.25, -0.2) is 0 Å². The maximum absolute atomic E-state index is 12.2. The van der Waals surface area contributed by atoms with E-state index in [0.29, 0.717) is 17.0 Å². The van der Waals surface area contributed by atoms with E-state index in [0.717, 1.165) is 39.0 Å². The Morgan fingerprint density at radius 3 is 2.40 bits per heavy atom. The number of piperidine rings is 1. The summed E-state index contributed by atoms with van der Waals surface area (Å²) in [7, 11) is 0. The summed E-state index contributed by atoms with van der Waals surface area (Å²) in [5.41, 5.74) is 2.54. The highest BCUT2D eigenvalue weighted by Gasteiger charge is 2.20. The molecule has 0 saturated carbocycles. The number of nitrogens with zero attached hydrogens (tertiary/aromatic N) is 2. The number of benzene rings is 2. The molecule has 1 heterocycles. The summed E-state index contributed by atoms with van der Waals surface area (Å²) in [6.45, 7) is 3.88. The second kappa shape index (κ2) is 8.46. The van der Waals surface area contributed by atoms with Crippen LogP contribution in [0.25, 0.3) is 0 Å². The molecule has 0 bridgehead atoms. The van der Waals surface area contributed by atoms with Gasteiger partial charge in [-0.15, -0.1) is 0 Å². The fourth-order valence-electron chi connectivity index (χ4n) is 3.23. The molecule has 3 rings (SSSR count). The molecule has 0 spiro atoms. The van der Waals surface area contributed by atoms with E-state index in [1.807, 2.05) is 6.07 Å². The Kier molecular flexibility index (Phi) is 5.81. The van der Waals surface area contributed by atoms with Crippen molar-refractivity contribution in [2.75, 3.05) is 19.6 Å². The lowest BCUT2D eigenvalue weighted by molar-refractivity contribution is 0.0935. The van der Waals surface area contributed by atoms with Crippen molar-refractivity contribution in [1.29, 1.82) is 5.26 Å². The van der Waals surface area contributed by atoms with Crippen LogP contribution in [0, 0.1) is 17.2 Å². The normalized spacial score (nSPS) is 15.5. The highest BCUT2D eigenvalue weighted by Crippen LogP contribution is 2.18. The summed E-state index contributed by atoms with van der Waals surface area (Å²) in [5, 5.41) is 11.8. The summed E-state index contributed by atoms with van der Waals surface area (Å²) < 4.78 is 0. The molecule has 4 heteroatoms. The van der Waals surface area contributed by atoms with Gasteiger partial charge < -0.3 is 5.32 Å². The van der Waals surface area contributed by atoms with Gasteiger partial charge in [-0.3, -0.25) is 9.69 Å². The molecule has 0 radical (unpaired) electrons. The third kappa shape index (κ3) is 4.91. The van der Waals surface area contributed by atoms with Crippen molar-refractivity contribution in [3.8, 4) is 6.07 Å². The van der Waals surface area contributed by atoms with Crippen LogP contribution in [0.4, 0.5) is 0 Å². The summed E-state index contributed by atoms with van der Waals surface area (Å²) >= 11 is 0. The van der Waals surface area contributed by atoms with Gasteiger partial charge >= 0.3 is 0 Å². The molecule has 2 aromatic carbocycles. The smallest absolute Gasteiger partial charge is 0.251 e. The van der Waals surface area contributed by atoms with Crippen molar-refractivity contribution >= 4 is 5.91 Å². The number of nitriles is 1. The van der Waals surface area contributed by atoms with E-state index < -0.39 is 0 Å². The second-order valence-electron chi connectivity index (χ2n) is 6.60. The number of nitrogens with one attached hydrogen (secondary N) is 1. The largest absolute Gasteiger partial charge is 0.352 e. The molecule has 1 aliphatic heterocycles. The zero-order chi connectivity index (χ0) is 17.5. The molecule has 4 nitrogen and oxygen atoms in total. The van der Waals surface area contributed by atoms with Crippen molar-refractivity contribution in [3.05, 3.63) is 71.3 Å². The molecule has 0 aromatic heterocycles. The number of carbonyl (C=O) groups is 1. The van der Waals surface area contributed by atoms with Gasteiger partial charge in [0.15, 0.2) is 0 Å². The predicted octanol–water partition coefficient (Wildman–Crippen LogP) is 3.20. The van der Waals surface area contributed by atoms with Crippen LogP contribution < -0.4 is 5.32 Å². The fraction of sp³-hybridized carbons (Fsp3) is 0.333. The maximum Gasteiger partial charge on any atom is 0.251 e. The monoisotopic (exact) mass is 333 g/mol. The van der Waals surface area contributed by atoms with Gasteiger partial charge in [0.25, 0.3) is 5.91 Å². The van der Waals surface area contributed by atoms with Crippen LogP contribution in [-0.4, -0.2) is 30.4 Å². The molecule has 0 unspecified atom stereocenters. The molecule has 1 amide bonds. The van der Waals surface area contributed by atoms with Crippen LogP contribution in [0.15, 0.2) is 54.6 Å². The van der Waals surface area contributed by atoms with Gasteiger partial charge in [0, 0.05) is 18.7 Å². The van der Waals surface area contributed by atoms with Gasteiger partial charge in [-0.1, -0.05) is 30.3 Å². The highest BCUT2D eigenvalue weighted by molar-refractivity contribution is 5.94. The Morgan fingerprint density at radius 1 is 1.08 bits per heavy atom. The van der Waals surface area contributed by atoms with Crippen LogP contribution in [0.3, 0.4) is 0 Å². The van der Waals surface area contributed by atoms with Crippen LogP contribution in [-0.2, 0) is 6.54 Å². The van der Waals surface area contributed by atoms with Crippen molar-refractivity contribution in [2.24, 2.45) is 5.92 Å². The molecule has 0 atom stereocenters. The van der Waals surface area contributed by atoms with E-state index in [4.69, 9.17) is 5.26 Å². The van der Waals surface area contributed by atoms with Crippen LogP contribution >= 0.6 is 0 Å². The SMILES string of the molecule is N#Cc1ccc(C(=O)NCC2CCN(Cc3ccccc3)CC2)cc1. The van der Waals surface area contributed by atoms with Gasteiger partial charge in [0.2, 0.25) is 0 Å². The van der Waals surface area contributed by atoms with Crippen molar-refractivity contribution in [3.63, 3.8) is 0 Å². The minimum absolute atomic E-state index is 0.0591. The molecule has 2 aromatic rings. The highest BCUT2D eigenvalue weighted by atomic mass is 16.1. The Labute approximate surface area is 149 Å². The molecular weight excluding hydrogens is 310 g/mol. The van der Waals surface area contributed by atoms with E-state index in [-0.39, 0.29) is 5.91 Å². The lowest BCUT2D eigenvalue weighted by Gasteiger charge is -2.32. The molecule has 25 heavy (non-hydrogen) atoms. The molecule has 0 aliphatic carbocycles. The van der Waals surface area contributed by atoms with Crippen molar-refractivity contribution in [2.45, 2.75) is 19.4 Å². The van der Waals surface area contributed by atoms with E-state index in [1.54, 1.807) is 24.3 Å². The number of hydrogen-bond donors (Lipinski definition) is 1. The van der Waals surface area contributed by atoms with Gasteiger partial charge in [-0.2, -0.15) is 5.26 Å². The van der Waals surface area contributed by atoms with E-state index in [9.17, 15) is 4.79 Å². The Hall–Kier alpha value is -2.64. The molecule has 1 fully saturated rings. The Morgan fingerprint density at radius 2 is 1.76 bits per heavy atom. The number of amides is 1. The Bertz CT molecular complexity index is 726. The summed E-state index contributed by atoms with van der Waals surface area (Å²) in [4.78, 5) is 14.7. The lowest BCUT2D eigenvalue weighted by Crippen LogP contribution is -2.38. The fourth-order valence-corrected chi connectivity index (χ4v) is 3.23. The standard InChI is InChI=1S/C21H23N3O/c22-14-17-6-8-20(9-7-17)21(25)23-15-18-10-12-24(13-11-18)16-19-4-2-1-3-5-19/h1-9,18H,10-13,15-16H2,(H,23,25). The van der Waals surface area contributed by atoms with E-state index in [2.05, 4.69) is 40.6 Å². The quantitative estimate of drug-likeness (QED) is 0.914. The predicted molar refractivity (Wildman–Crippen MR) is 97.9 cm³/mol. The van der Waals surface area contributed by atoms with Crippen LogP contribution in [0.2, 0.25) is 0 Å². The number of rotatable bonds is 5. The summed E-state index contributed by atoms with van der Waals surface area (Å²) in [6, 6.07) is 19.4. The van der Waals surface area contributed by atoms with Crippen molar-refractivity contribution < 1.29 is 4.79 Å². The van der Waals surface area contributed by atoms with Crippen LogP contribution in [0.1, 0.15) is 34.3 Å². The number of hydrogen-bond acceptors (Lipinski definition) is 3. The average molecular weight is 333 g/mol. The maximum atomic E-state index is 12.2. The molecular formula is C21H23N3O. The van der Waals surface area contributed by atoms with Gasteiger partial charge in [-0.05, 0) is 61.7 Å². The summed E-state index contributed by atoms with van der Waals surface area (Å²) in [6.07, 6.45) is 2.22. The first kappa shape index (κ1) is 17.2. The zero-order valence-corrected chi connectivity index (χ0v) is 14.3. The number of carbonyl (C=O) groups excluding carboxylic acids is 1. The molecule has 1 saturated heterocycles. The topological polar surface area (TPSA) is 56.1 Å². The Balaban J connectivity index is 1.41. The first-order valence-electron chi connectivity index (χ1n) is 8.79. The molecule has 1 N–H and O–H groups in total. The van der Waals surface area contributed by atoms with Gasteiger partial charge in [0.05, 0.1) is 11.6 Å². The third-order valence-electron chi connectivity index (χ3n) is 4.78. The average Bonchev–Trinajstić information content (AvgIpc) is 2.68. The van der Waals surface area contributed by atoms with Gasteiger partial charge in [0.1, 0.15) is 0 Å². The third-order valence-corrected chi connectivity index (χ3v) is 4.78. The molecule has 1 aliphatic rings. The minimum atomic E-state index is -0.0591. The molecule has 128 valence electrons. The number of likely N-dealkylation sites (tertiary alicyclic amines) is 1. The lowest BCUT2D eigenvalue weighted by atomic mass is 9.96. The first-order valence-corrected chi connectivity index (χ1v) is 8.79.